The van der Waals surface area contributed by atoms with E-state index >= 15 is 0 Å². The predicted molar refractivity (Wildman–Crippen MR) is 84.1 cm³/mol. The smallest absolute Gasteiger partial charge is 0.133 e. The van der Waals surface area contributed by atoms with E-state index in [1.165, 1.54) is 0 Å². The lowest BCUT2D eigenvalue weighted by Crippen LogP contribution is -1.98. The molecule has 2 aromatic rings. The lowest BCUT2D eigenvalue weighted by Gasteiger charge is -2.08. The summed E-state index contributed by atoms with van der Waals surface area (Å²) < 4.78 is 8.50. The molecule has 0 saturated carbocycles. The van der Waals surface area contributed by atoms with Crippen molar-refractivity contribution in [1.82, 2.24) is 9.78 Å². The molecule has 0 saturated heterocycles. The maximum Gasteiger partial charge on any atom is 0.133 e. The number of hydrogen-bond donors (Lipinski definition) is 0. The second kappa shape index (κ2) is 6.29. The molecule has 0 N–H and O–H groups in total. The molecular formula is C13H13Br2ClN2O. The summed E-state index contributed by atoms with van der Waals surface area (Å²) in [5.74, 6) is 0.817. The third-order valence-corrected chi connectivity index (χ3v) is 4.66. The van der Waals surface area contributed by atoms with Crippen molar-refractivity contribution in [1.29, 1.82) is 0 Å². The fourth-order valence-corrected chi connectivity index (χ4v) is 3.19. The normalized spacial score (nSPS) is 10.8. The van der Waals surface area contributed by atoms with Crippen LogP contribution in [0.4, 0.5) is 0 Å². The van der Waals surface area contributed by atoms with Crippen molar-refractivity contribution < 1.29 is 4.74 Å². The number of alkyl halides is 1. The largest absolute Gasteiger partial charge is 0.489 e. The lowest BCUT2D eigenvalue weighted by molar-refractivity contribution is 0.305. The number of hydrogen-bond acceptors (Lipinski definition) is 2. The second-order valence-electron chi connectivity index (χ2n) is 4.15. The van der Waals surface area contributed by atoms with Crippen molar-refractivity contribution in [2.75, 3.05) is 0 Å². The van der Waals surface area contributed by atoms with Gasteiger partial charge in [-0.05, 0) is 30.7 Å². The molecule has 0 aliphatic carbocycles. The molecule has 6 heteroatoms. The molecule has 0 amide bonds. The van der Waals surface area contributed by atoms with Crippen molar-refractivity contribution in [3.63, 3.8) is 0 Å². The highest BCUT2D eigenvalue weighted by atomic mass is 79.9. The third-order valence-electron chi connectivity index (χ3n) is 2.81. The van der Waals surface area contributed by atoms with Crippen LogP contribution in [0.25, 0.3) is 0 Å². The van der Waals surface area contributed by atoms with Gasteiger partial charge in [-0.1, -0.05) is 43.5 Å². The lowest BCUT2D eigenvalue weighted by atomic mass is 10.2. The summed E-state index contributed by atoms with van der Waals surface area (Å²) in [5.41, 5.74) is 2.96. The Morgan fingerprint density at radius 2 is 2.16 bits per heavy atom. The number of aryl methyl sites for hydroxylation is 2. The summed E-state index contributed by atoms with van der Waals surface area (Å²) in [6.07, 6.45) is 0. The second-order valence-corrected chi connectivity index (χ2v) is 5.93. The SMILES string of the molecule is Cc1nn(C)c(Cl)c1COc1ccc(Br)c(CBr)c1. The minimum atomic E-state index is 0.419. The van der Waals surface area contributed by atoms with Gasteiger partial charge in [0.1, 0.15) is 17.5 Å². The summed E-state index contributed by atoms with van der Waals surface area (Å²) in [4.78, 5) is 0. The molecule has 0 bridgehead atoms. The number of rotatable bonds is 4. The van der Waals surface area contributed by atoms with Crippen LogP contribution in [-0.2, 0) is 19.0 Å². The Hall–Kier alpha value is -0.520. The van der Waals surface area contributed by atoms with Crippen molar-refractivity contribution in [3.05, 3.63) is 44.6 Å². The van der Waals surface area contributed by atoms with Crippen LogP contribution in [0.5, 0.6) is 5.75 Å². The Morgan fingerprint density at radius 3 is 2.74 bits per heavy atom. The summed E-state index contributed by atoms with van der Waals surface area (Å²) in [7, 11) is 1.82. The van der Waals surface area contributed by atoms with Gasteiger partial charge in [0.05, 0.1) is 5.69 Å². The monoisotopic (exact) mass is 406 g/mol. The Bertz CT molecular complexity index is 599. The highest BCUT2D eigenvalue weighted by molar-refractivity contribution is 9.10. The number of aromatic nitrogens is 2. The Kier molecular flexibility index (Phi) is 4.92. The van der Waals surface area contributed by atoms with Crippen molar-refractivity contribution in [2.24, 2.45) is 7.05 Å². The van der Waals surface area contributed by atoms with Crippen molar-refractivity contribution >= 4 is 43.5 Å². The Labute approximate surface area is 134 Å². The minimum absolute atomic E-state index is 0.419. The molecular weight excluding hydrogens is 395 g/mol. The van der Waals surface area contributed by atoms with E-state index in [9.17, 15) is 0 Å². The molecule has 0 atom stereocenters. The Morgan fingerprint density at radius 1 is 1.42 bits per heavy atom. The van der Waals surface area contributed by atoms with E-state index in [2.05, 4.69) is 37.0 Å². The number of benzene rings is 1. The maximum absolute atomic E-state index is 6.17. The molecule has 0 spiro atoms. The van der Waals surface area contributed by atoms with Crippen LogP contribution < -0.4 is 4.74 Å². The molecule has 102 valence electrons. The van der Waals surface area contributed by atoms with Gasteiger partial charge in [0.2, 0.25) is 0 Å². The number of ether oxygens (including phenoxy) is 1. The van der Waals surface area contributed by atoms with E-state index in [-0.39, 0.29) is 0 Å². The predicted octanol–water partition coefficient (Wildman–Crippen LogP) is 4.62. The molecule has 0 aliphatic heterocycles. The average Bonchev–Trinajstić information content (AvgIpc) is 2.63. The average molecular weight is 409 g/mol. The van der Waals surface area contributed by atoms with Gasteiger partial charge < -0.3 is 4.74 Å². The first-order valence-corrected chi connectivity index (χ1v) is 7.97. The number of halogens is 3. The van der Waals surface area contributed by atoms with Crippen LogP contribution in [0.15, 0.2) is 22.7 Å². The minimum Gasteiger partial charge on any atom is -0.489 e. The summed E-state index contributed by atoms with van der Waals surface area (Å²) in [6.45, 7) is 2.35. The molecule has 0 radical (unpaired) electrons. The molecule has 1 aromatic heterocycles. The highest BCUT2D eigenvalue weighted by Gasteiger charge is 2.12. The van der Waals surface area contributed by atoms with Crippen LogP contribution in [0.2, 0.25) is 5.15 Å². The van der Waals surface area contributed by atoms with E-state index in [0.29, 0.717) is 11.8 Å². The fourth-order valence-electron chi connectivity index (χ4n) is 1.74. The molecule has 0 unspecified atom stereocenters. The quantitative estimate of drug-likeness (QED) is 0.691. The third kappa shape index (κ3) is 3.33. The molecule has 0 fully saturated rings. The first-order valence-electron chi connectivity index (χ1n) is 5.68. The molecule has 1 aromatic carbocycles. The van der Waals surface area contributed by atoms with Gasteiger partial charge in [0, 0.05) is 22.4 Å². The first-order chi connectivity index (χ1) is 9.02. The standard InChI is InChI=1S/C13H13Br2ClN2O/c1-8-11(13(16)18(2)17-8)7-19-10-3-4-12(15)9(5-10)6-14/h3-5H,6-7H2,1-2H3. The molecule has 0 aliphatic rings. The molecule has 3 nitrogen and oxygen atoms in total. The van der Waals surface area contributed by atoms with E-state index in [1.54, 1.807) is 4.68 Å². The van der Waals surface area contributed by atoms with Gasteiger partial charge in [-0.2, -0.15) is 5.10 Å². The van der Waals surface area contributed by atoms with Crippen LogP contribution in [0, 0.1) is 6.92 Å². The van der Waals surface area contributed by atoms with Crippen LogP contribution in [-0.4, -0.2) is 9.78 Å². The summed E-state index contributed by atoms with van der Waals surface area (Å²) in [5, 5.41) is 5.66. The van der Waals surface area contributed by atoms with Crippen LogP contribution in [0.3, 0.4) is 0 Å². The zero-order valence-electron chi connectivity index (χ0n) is 10.6. The van der Waals surface area contributed by atoms with E-state index in [0.717, 1.165) is 32.4 Å². The number of nitrogens with zero attached hydrogens (tertiary/aromatic N) is 2. The summed E-state index contributed by atoms with van der Waals surface area (Å²) in [6, 6.07) is 5.90. The van der Waals surface area contributed by atoms with Gasteiger partial charge in [-0.25, -0.2) is 0 Å². The fraction of sp³-hybridized carbons (Fsp3) is 0.308. The van der Waals surface area contributed by atoms with Crippen LogP contribution in [0.1, 0.15) is 16.8 Å². The zero-order valence-corrected chi connectivity index (χ0v) is 14.5. The zero-order chi connectivity index (χ0) is 14.0. The van der Waals surface area contributed by atoms with Gasteiger partial charge in [0.15, 0.2) is 0 Å². The Balaban J connectivity index is 2.14. The summed E-state index contributed by atoms with van der Waals surface area (Å²) >= 11 is 13.1. The molecule has 2 rings (SSSR count). The molecule has 19 heavy (non-hydrogen) atoms. The highest BCUT2D eigenvalue weighted by Crippen LogP contribution is 2.26. The van der Waals surface area contributed by atoms with Crippen molar-refractivity contribution in [3.8, 4) is 5.75 Å². The van der Waals surface area contributed by atoms with Crippen molar-refractivity contribution in [2.45, 2.75) is 18.9 Å². The van der Waals surface area contributed by atoms with Crippen LogP contribution >= 0.6 is 43.5 Å². The van der Waals surface area contributed by atoms with E-state index < -0.39 is 0 Å². The van der Waals surface area contributed by atoms with Gasteiger partial charge in [-0.15, -0.1) is 0 Å². The topological polar surface area (TPSA) is 27.1 Å². The van der Waals surface area contributed by atoms with Gasteiger partial charge in [-0.3, -0.25) is 4.68 Å². The van der Waals surface area contributed by atoms with E-state index in [4.69, 9.17) is 16.3 Å². The maximum atomic E-state index is 6.17. The van der Waals surface area contributed by atoms with Gasteiger partial charge >= 0.3 is 0 Å². The van der Waals surface area contributed by atoms with Gasteiger partial charge in [0.25, 0.3) is 0 Å². The van der Waals surface area contributed by atoms with E-state index in [1.807, 2.05) is 32.2 Å². The molecule has 1 heterocycles. The first kappa shape index (κ1) is 14.9.